The molecular formula is C13H27N3O. The highest BCUT2D eigenvalue weighted by Crippen LogP contribution is 2.15. The molecule has 100 valence electrons. The van der Waals surface area contributed by atoms with Crippen molar-refractivity contribution in [2.24, 2.45) is 5.92 Å². The van der Waals surface area contributed by atoms with Crippen LogP contribution in [-0.4, -0.2) is 63.0 Å². The van der Waals surface area contributed by atoms with Crippen LogP contribution >= 0.6 is 0 Å². The standard InChI is InChI=1S/C13H27N3O/c1-15(2)9-5-4-8-14-13(17)12-6-10-16(3)11-7-12/h12H,4-11H2,1-3H3,(H,14,17). The summed E-state index contributed by atoms with van der Waals surface area (Å²) in [5.41, 5.74) is 0. The minimum absolute atomic E-state index is 0.250. The maximum absolute atomic E-state index is 11.9. The molecule has 0 aromatic rings. The van der Waals surface area contributed by atoms with Crippen LogP contribution in [0.2, 0.25) is 0 Å². The molecule has 1 rings (SSSR count). The van der Waals surface area contributed by atoms with E-state index in [-0.39, 0.29) is 11.8 Å². The highest BCUT2D eigenvalue weighted by Gasteiger charge is 2.22. The summed E-state index contributed by atoms with van der Waals surface area (Å²) in [6, 6.07) is 0. The SMILES string of the molecule is CN(C)CCCCNC(=O)C1CCN(C)CC1. The highest BCUT2D eigenvalue weighted by atomic mass is 16.1. The predicted octanol–water partition coefficient (Wildman–Crippen LogP) is 0.786. The number of unbranched alkanes of at least 4 members (excludes halogenated alkanes) is 1. The summed E-state index contributed by atoms with van der Waals surface area (Å²) in [4.78, 5) is 16.3. The Labute approximate surface area is 105 Å². The van der Waals surface area contributed by atoms with E-state index in [1.807, 2.05) is 0 Å². The molecule has 1 aliphatic heterocycles. The summed E-state index contributed by atoms with van der Waals surface area (Å²) in [5, 5.41) is 3.06. The van der Waals surface area contributed by atoms with Crippen LogP contribution < -0.4 is 5.32 Å². The maximum atomic E-state index is 11.9. The number of nitrogens with zero attached hydrogens (tertiary/aromatic N) is 2. The largest absolute Gasteiger partial charge is 0.356 e. The minimum atomic E-state index is 0.250. The third kappa shape index (κ3) is 6.03. The van der Waals surface area contributed by atoms with Crippen LogP contribution in [0.25, 0.3) is 0 Å². The zero-order chi connectivity index (χ0) is 12.7. The van der Waals surface area contributed by atoms with Crippen molar-refractivity contribution in [3.05, 3.63) is 0 Å². The fourth-order valence-electron chi connectivity index (χ4n) is 2.18. The zero-order valence-corrected chi connectivity index (χ0v) is 11.5. The fourth-order valence-corrected chi connectivity index (χ4v) is 2.18. The fraction of sp³-hybridized carbons (Fsp3) is 0.923. The Morgan fingerprint density at radius 1 is 1.29 bits per heavy atom. The van der Waals surface area contributed by atoms with Gasteiger partial charge in [-0.15, -0.1) is 0 Å². The average molecular weight is 241 g/mol. The summed E-state index contributed by atoms with van der Waals surface area (Å²) < 4.78 is 0. The lowest BCUT2D eigenvalue weighted by Crippen LogP contribution is -2.39. The van der Waals surface area contributed by atoms with Gasteiger partial charge in [-0.25, -0.2) is 0 Å². The molecule has 0 aromatic heterocycles. The normalized spacial score (nSPS) is 18.6. The molecule has 4 nitrogen and oxygen atoms in total. The summed E-state index contributed by atoms with van der Waals surface area (Å²) in [6.07, 6.45) is 4.26. The van der Waals surface area contributed by atoms with Crippen LogP contribution in [0.5, 0.6) is 0 Å². The Morgan fingerprint density at radius 3 is 2.53 bits per heavy atom. The van der Waals surface area contributed by atoms with Crippen molar-refractivity contribution in [2.75, 3.05) is 47.3 Å². The van der Waals surface area contributed by atoms with Crippen molar-refractivity contribution in [2.45, 2.75) is 25.7 Å². The first-order valence-electron chi connectivity index (χ1n) is 6.70. The van der Waals surface area contributed by atoms with E-state index in [2.05, 4.69) is 36.3 Å². The van der Waals surface area contributed by atoms with Gasteiger partial charge >= 0.3 is 0 Å². The van der Waals surface area contributed by atoms with E-state index in [4.69, 9.17) is 0 Å². The van der Waals surface area contributed by atoms with Crippen molar-refractivity contribution in [3.63, 3.8) is 0 Å². The Morgan fingerprint density at radius 2 is 1.94 bits per heavy atom. The zero-order valence-electron chi connectivity index (χ0n) is 11.5. The van der Waals surface area contributed by atoms with Gasteiger partial charge in [0.1, 0.15) is 0 Å². The Balaban J connectivity index is 2.05. The Bertz CT molecular complexity index is 223. The van der Waals surface area contributed by atoms with E-state index in [1.54, 1.807) is 0 Å². The van der Waals surface area contributed by atoms with Crippen molar-refractivity contribution in [1.82, 2.24) is 15.1 Å². The summed E-state index contributed by atoms with van der Waals surface area (Å²) >= 11 is 0. The number of nitrogens with one attached hydrogen (secondary N) is 1. The number of piperidine rings is 1. The van der Waals surface area contributed by atoms with Gasteiger partial charge in [-0.1, -0.05) is 0 Å². The van der Waals surface area contributed by atoms with Crippen LogP contribution in [-0.2, 0) is 4.79 Å². The molecule has 1 heterocycles. The molecule has 0 unspecified atom stereocenters. The van der Waals surface area contributed by atoms with E-state index in [0.29, 0.717) is 0 Å². The lowest BCUT2D eigenvalue weighted by atomic mass is 9.96. The number of carbonyl (C=O) groups excluding carboxylic acids is 1. The molecular weight excluding hydrogens is 214 g/mol. The predicted molar refractivity (Wildman–Crippen MR) is 71.0 cm³/mol. The molecule has 0 saturated carbocycles. The van der Waals surface area contributed by atoms with Crippen LogP contribution in [0.3, 0.4) is 0 Å². The van der Waals surface area contributed by atoms with E-state index < -0.39 is 0 Å². The van der Waals surface area contributed by atoms with Crippen molar-refractivity contribution in [1.29, 1.82) is 0 Å². The van der Waals surface area contributed by atoms with Gasteiger partial charge in [0, 0.05) is 12.5 Å². The summed E-state index contributed by atoms with van der Waals surface area (Å²) in [5.74, 6) is 0.517. The number of rotatable bonds is 6. The van der Waals surface area contributed by atoms with Crippen LogP contribution in [0.15, 0.2) is 0 Å². The molecule has 1 aliphatic rings. The number of carbonyl (C=O) groups is 1. The second kappa shape index (κ2) is 7.67. The van der Waals surface area contributed by atoms with E-state index >= 15 is 0 Å². The Hall–Kier alpha value is -0.610. The molecule has 0 atom stereocenters. The van der Waals surface area contributed by atoms with Gasteiger partial charge in [-0.05, 0) is 66.5 Å². The quantitative estimate of drug-likeness (QED) is 0.698. The monoisotopic (exact) mass is 241 g/mol. The highest BCUT2D eigenvalue weighted by molar-refractivity contribution is 5.78. The summed E-state index contributed by atoms with van der Waals surface area (Å²) in [6.45, 7) is 4.04. The summed E-state index contributed by atoms with van der Waals surface area (Å²) in [7, 11) is 6.28. The maximum Gasteiger partial charge on any atom is 0.223 e. The van der Waals surface area contributed by atoms with Crippen molar-refractivity contribution < 1.29 is 4.79 Å². The van der Waals surface area contributed by atoms with Gasteiger partial charge in [-0.3, -0.25) is 4.79 Å². The second-order valence-electron chi connectivity index (χ2n) is 5.38. The smallest absolute Gasteiger partial charge is 0.223 e. The molecule has 0 bridgehead atoms. The van der Waals surface area contributed by atoms with E-state index in [0.717, 1.165) is 51.9 Å². The first kappa shape index (κ1) is 14.5. The molecule has 0 aliphatic carbocycles. The van der Waals surface area contributed by atoms with Gasteiger partial charge in [0.2, 0.25) is 5.91 Å². The van der Waals surface area contributed by atoms with Gasteiger partial charge in [0.25, 0.3) is 0 Å². The number of hydrogen-bond acceptors (Lipinski definition) is 3. The lowest BCUT2D eigenvalue weighted by Gasteiger charge is -2.28. The van der Waals surface area contributed by atoms with Crippen LogP contribution in [0.4, 0.5) is 0 Å². The van der Waals surface area contributed by atoms with Crippen molar-refractivity contribution in [3.8, 4) is 0 Å². The molecule has 1 N–H and O–H groups in total. The van der Waals surface area contributed by atoms with E-state index in [9.17, 15) is 4.79 Å². The lowest BCUT2D eigenvalue weighted by molar-refractivity contribution is -0.126. The molecule has 0 spiro atoms. The molecule has 4 heteroatoms. The van der Waals surface area contributed by atoms with E-state index in [1.165, 1.54) is 0 Å². The molecule has 1 fully saturated rings. The molecule has 1 saturated heterocycles. The number of likely N-dealkylation sites (tertiary alicyclic amines) is 1. The third-order valence-electron chi connectivity index (χ3n) is 3.42. The molecule has 17 heavy (non-hydrogen) atoms. The van der Waals surface area contributed by atoms with Gasteiger partial charge in [0.05, 0.1) is 0 Å². The molecule has 0 aromatic carbocycles. The van der Waals surface area contributed by atoms with Crippen LogP contribution in [0.1, 0.15) is 25.7 Å². The van der Waals surface area contributed by atoms with Gasteiger partial charge in [-0.2, -0.15) is 0 Å². The van der Waals surface area contributed by atoms with Gasteiger partial charge in [0.15, 0.2) is 0 Å². The Kier molecular flexibility index (Phi) is 6.52. The third-order valence-corrected chi connectivity index (χ3v) is 3.42. The van der Waals surface area contributed by atoms with Gasteiger partial charge < -0.3 is 15.1 Å². The first-order chi connectivity index (χ1) is 8.09. The molecule has 1 amide bonds. The number of hydrogen-bond donors (Lipinski definition) is 1. The molecule has 0 radical (unpaired) electrons. The second-order valence-corrected chi connectivity index (χ2v) is 5.38. The first-order valence-corrected chi connectivity index (χ1v) is 6.70. The average Bonchev–Trinajstić information content (AvgIpc) is 2.29. The topological polar surface area (TPSA) is 35.6 Å². The number of amides is 1. The van der Waals surface area contributed by atoms with Crippen LogP contribution in [0, 0.1) is 5.92 Å². The van der Waals surface area contributed by atoms with Crippen molar-refractivity contribution >= 4 is 5.91 Å². The minimum Gasteiger partial charge on any atom is -0.356 e.